The SMILES string of the molecule is COC(=O)c1cc(CO[Si](C)(C)C(C)(C)C)cc(NC(=O)OCc2ccccc2)c1. The topological polar surface area (TPSA) is 73.9 Å². The van der Waals surface area contributed by atoms with Crippen molar-refractivity contribution in [2.24, 2.45) is 0 Å². The second-order valence-electron chi connectivity index (χ2n) is 8.65. The maximum Gasteiger partial charge on any atom is 0.411 e. The molecule has 30 heavy (non-hydrogen) atoms. The van der Waals surface area contributed by atoms with Gasteiger partial charge in [0.2, 0.25) is 0 Å². The molecule has 0 aliphatic heterocycles. The fourth-order valence-corrected chi connectivity index (χ4v) is 3.40. The third-order valence-electron chi connectivity index (χ3n) is 5.28. The molecule has 0 bridgehead atoms. The van der Waals surface area contributed by atoms with Gasteiger partial charge in [-0.05, 0) is 47.5 Å². The number of nitrogens with one attached hydrogen (secondary N) is 1. The van der Waals surface area contributed by atoms with Crippen molar-refractivity contribution >= 4 is 26.1 Å². The highest BCUT2D eigenvalue weighted by Gasteiger charge is 2.37. The van der Waals surface area contributed by atoms with Crippen LogP contribution in [0.3, 0.4) is 0 Å². The molecule has 2 rings (SSSR count). The van der Waals surface area contributed by atoms with Crippen molar-refractivity contribution in [2.75, 3.05) is 12.4 Å². The van der Waals surface area contributed by atoms with E-state index in [-0.39, 0.29) is 11.6 Å². The zero-order chi connectivity index (χ0) is 22.4. The Hall–Kier alpha value is -2.64. The van der Waals surface area contributed by atoms with E-state index in [4.69, 9.17) is 13.9 Å². The molecular weight excluding hydrogens is 398 g/mol. The number of ether oxygens (including phenoxy) is 2. The van der Waals surface area contributed by atoms with Crippen LogP contribution in [-0.4, -0.2) is 27.5 Å². The van der Waals surface area contributed by atoms with E-state index in [0.717, 1.165) is 11.1 Å². The van der Waals surface area contributed by atoms with Gasteiger partial charge >= 0.3 is 12.1 Å². The number of carbonyl (C=O) groups is 2. The van der Waals surface area contributed by atoms with Gasteiger partial charge < -0.3 is 13.9 Å². The van der Waals surface area contributed by atoms with Gasteiger partial charge in [-0.25, -0.2) is 9.59 Å². The third-order valence-corrected chi connectivity index (χ3v) is 9.76. The van der Waals surface area contributed by atoms with Crippen LogP contribution in [-0.2, 0) is 27.1 Å². The number of anilines is 1. The van der Waals surface area contributed by atoms with E-state index < -0.39 is 20.4 Å². The number of hydrogen-bond donors (Lipinski definition) is 1. The number of esters is 1. The first kappa shape index (κ1) is 23.6. The highest BCUT2D eigenvalue weighted by atomic mass is 28.4. The molecule has 0 radical (unpaired) electrons. The Morgan fingerprint density at radius 2 is 1.63 bits per heavy atom. The lowest BCUT2D eigenvalue weighted by Gasteiger charge is -2.36. The highest BCUT2D eigenvalue weighted by Crippen LogP contribution is 2.37. The van der Waals surface area contributed by atoms with Crippen molar-refractivity contribution in [1.29, 1.82) is 0 Å². The summed E-state index contributed by atoms with van der Waals surface area (Å²) >= 11 is 0. The largest absolute Gasteiger partial charge is 0.465 e. The molecular formula is C23H31NO5Si. The average Bonchev–Trinajstić information content (AvgIpc) is 2.70. The van der Waals surface area contributed by atoms with Crippen molar-refractivity contribution in [2.45, 2.75) is 52.1 Å². The summed E-state index contributed by atoms with van der Waals surface area (Å²) in [5.74, 6) is -0.482. The van der Waals surface area contributed by atoms with Gasteiger partial charge in [0.1, 0.15) is 6.61 Å². The van der Waals surface area contributed by atoms with Gasteiger partial charge in [0.25, 0.3) is 0 Å². The molecule has 1 amide bonds. The standard InChI is InChI=1S/C23H31NO5Si/c1-23(2,3)30(5,6)29-16-18-12-19(21(25)27-4)14-20(13-18)24-22(26)28-15-17-10-8-7-9-11-17/h7-14H,15-16H2,1-6H3,(H,24,26). The summed E-state index contributed by atoms with van der Waals surface area (Å²) in [6.07, 6.45) is -0.600. The van der Waals surface area contributed by atoms with Gasteiger partial charge in [0.05, 0.1) is 19.3 Å². The molecule has 0 saturated carbocycles. The quantitative estimate of drug-likeness (QED) is 0.448. The molecule has 0 aliphatic carbocycles. The molecule has 0 fully saturated rings. The summed E-state index contributed by atoms with van der Waals surface area (Å²) in [5, 5.41) is 2.75. The van der Waals surface area contributed by atoms with Crippen molar-refractivity contribution in [3.63, 3.8) is 0 Å². The normalized spacial score (nSPS) is 11.7. The van der Waals surface area contributed by atoms with Crippen LogP contribution < -0.4 is 5.32 Å². The molecule has 2 aromatic rings. The summed E-state index contributed by atoms with van der Waals surface area (Å²) in [6.45, 7) is 11.3. The second kappa shape index (κ2) is 9.91. The van der Waals surface area contributed by atoms with E-state index >= 15 is 0 Å². The van der Waals surface area contributed by atoms with Crippen molar-refractivity contribution in [3.05, 3.63) is 65.2 Å². The maximum atomic E-state index is 12.2. The number of rotatable bonds is 7. The van der Waals surface area contributed by atoms with Gasteiger partial charge in [0.15, 0.2) is 8.32 Å². The molecule has 7 heteroatoms. The predicted octanol–water partition coefficient (Wildman–Crippen LogP) is 5.74. The minimum atomic E-state index is -1.97. The van der Waals surface area contributed by atoms with Crippen LogP contribution >= 0.6 is 0 Å². The van der Waals surface area contributed by atoms with Gasteiger partial charge in [-0.1, -0.05) is 51.1 Å². The second-order valence-corrected chi connectivity index (χ2v) is 13.5. The molecule has 6 nitrogen and oxygen atoms in total. The Balaban J connectivity index is 2.13. The number of benzene rings is 2. The smallest absolute Gasteiger partial charge is 0.411 e. The van der Waals surface area contributed by atoms with Crippen molar-refractivity contribution < 1.29 is 23.5 Å². The first-order valence-electron chi connectivity index (χ1n) is 9.86. The molecule has 0 aromatic heterocycles. The number of amides is 1. The fraction of sp³-hybridized carbons (Fsp3) is 0.391. The zero-order valence-electron chi connectivity index (χ0n) is 18.6. The van der Waals surface area contributed by atoms with Crippen LogP contribution in [0.2, 0.25) is 18.1 Å². The number of methoxy groups -OCH3 is 1. The van der Waals surface area contributed by atoms with Gasteiger partial charge in [-0.3, -0.25) is 5.32 Å². The Kier molecular flexibility index (Phi) is 7.81. The molecule has 0 atom stereocenters. The van der Waals surface area contributed by atoms with Gasteiger partial charge in [-0.2, -0.15) is 0 Å². The van der Waals surface area contributed by atoms with Crippen LogP contribution in [0.1, 0.15) is 42.3 Å². The molecule has 162 valence electrons. The first-order valence-corrected chi connectivity index (χ1v) is 12.8. The minimum Gasteiger partial charge on any atom is -0.465 e. The van der Waals surface area contributed by atoms with Crippen molar-refractivity contribution in [1.82, 2.24) is 0 Å². The summed E-state index contributed by atoms with van der Waals surface area (Å²) in [6, 6.07) is 14.5. The molecule has 2 aromatic carbocycles. The Bertz CT molecular complexity index is 875. The van der Waals surface area contributed by atoms with E-state index in [1.165, 1.54) is 7.11 Å². The maximum absolute atomic E-state index is 12.2. The van der Waals surface area contributed by atoms with Gasteiger partial charge in [-0.15, -0.1) is 0 Å². The predicted molar refractivity (Wildman–Crippen MR) is 120 cm³/mol. The molecule has 0 spiro atoms. The zero-order valence-corrected chi connectivity index (χ0v) is 19.6. The fourth-order valence-electron chi connectivity index (χ4n) is 2.44. The molecule has 0 unspecified atom stereocenters. The van der Waals surface area contributed by atoms with E-state index in [0.29, 0.717) is 17.9 Å². The third kappa shape index (κ3) is 6.71. The Labute approximate surface area is 179 Å². The summed E-state index contributed by atoms with van der Waals surface area (Å²) in [7, 11) is -0.647. The Morgan fingerprint density at radius 1 is 0.967 bits per heavy atom. The summed E-state index contributed by atoms with van der Waals surface area (Å²) in [4.78, 5) is 24.3. The van der Waals surface area contributed by atoms with Gasteiger partial charge in [0, 0.05) is 5.69 Å². The highest BCUT2D eigenvalue weighted by molar-refractivity contribution is 6.74. The lowest BCUT2D eigenvalue weighted by molar-refractivity contribution is 0.0600. The molecule has 0 aliphatic rings. The van der Waals surface area contributed by atoms with Crippen LogP contribution in [0.25, 0.3) is 0 Å². The first-order chi connectivity index (χ1) is 14.0. The number of carbonyl (C=O) groups excluding carboxylic acids is 2. The van der Waals surface area contributed by atoms with E-state index in [1.807, 2.05) is 30.3 Å². The lowest BCUT2D eigenvalue weighted by Crippen LogP contribution is -2.40. The van der Waals surface area contributed by atoms with E-state index in [1.54, 1.807) is 18.2 Å². The minimum absolute atomic E-state index is 0.0648. The van der Waals surface area contributed by atoms with E-state index in [9.17, 15) is 9.59 Å². The summed E-state index contributed by atoms with van der Waals surface area (Å²) in [5.41, 5.74) is 2.46. The Morgan fingerprint density at radius 3 is 2.23 bits per heavy atom. The lowest BCUT2D eigenvalue weighted by atomic mass is 10.1. The molecule has 1 N–H and O–H groups in total. The van der Waals surface area contributed by atoms with E-state index in [2.05, 4.69) is 39.2 Å². The average molecular weight is 430 g/mol. The van der Waals surface area contributed by atoms with Crippen LogP contribution in [0.5, 0.6) is 0 Å². The summed E-state index contributed by atoms with van der Waals surface area (Å²) < 4.78 is 16.4. The van der Waals surface area contributed by atoms with Crippen molar-refractivity contribution in [3.8, 4) is 0 Å². The number of hydrogen-bond acceptors (Lipinski definition) is 5. The van der Waals surface area contributed by atoms with Crippen LogP contribution in [0.4, 0.5) is 10.5 Å². The molecule has 0 saturated heterocycles. The van der Waals surface area contributed by atoms with Crippen LogP contribution in [0.15, 0.2) is 48.5 Å². The monoisotopic (exact) mass is 429 g/mol. The molecule has 0 heterocycles. The van der Waals surface area contributed by atoms with Crippen LogP contribution in [0, 0.1) is 0 Å².